The first-order valence-corrected chi connectivity index (χ1v) is 8.04. The van der Waals surface area contributed by atoms with Crippen molar-refractivity contribution in [2.75, 3.05) is 19.6 Å². The molecule has 0 saturated carbocycles. The fourth-order valence-corrected chi connectivity index (χ4v) is 3.63. The first-order chi connectivity index (χ1) is 9.15. The summed E-state index contributed by atoms with van der Waals surface area (Å²) in [5.41, 5.74) is 1.42. The molecular weight excluding hydrogens is 258 g/mol. The van der Waals surface area contributed by atoms with Crippen molar-refractivity contribution in [1.82, 2.24) is 4.90 Å². The van der Waals surface area contributed by atoms with Crippen LogP contribution in [0, 0.1) is 11.8 Å². The Hall–Kier alpha value is -0.870. The summed E-state index contributed by atoms with van der Waals surface area (Å²) < 4.78 is 0. The Labute approximate surface area is 119 Å². The van der Waals surface area contributed by atoms with Crippen LogP contribution in [0.2, 0.25) is 0 Å². The van der Waals surface area contributed by atoms with Gasteiger partial charge >= 0.3 is 5.97 Å². The molecule has 0 radical (unpaired) electrons. The molecule has 1 aromatic heterocycles. The average Bonchev–Trinajstić information content (AvgIpc) is 2.89. The van der Waals surface area contributed by atoms with Gasteiger partial charge in [-0.1, -0.05) is 6.92 Å². The third-order valence-corrected chi connectivity index (χ3v) is 4.87. The largest absolute Gasteiger partial charge is 0.481 e. The van der Waals surface area contributed by atoms with Crippen LogP contribution < -0.4 is 0 Å². The third-order valence-electron chi connectivity index (χ3n) is 4.14. The molecule has 0 aliphatic carbocycles. The Morgan fingerprint density at radius 1 is 1.63 bits per heavy atom. The normalized spacial score (nSPS) is 22.3. The number of carbonyl (C=O) groups is 1. The summed E-state index contributed by atoms with van der Waals surface area (Å²) in [6.07, 6.45) is 3.81. The van der Waals surface area contributed by atoms with E-state index in [1.165, 1.54) is 24.9 Å². The maximum absolute atomic E-state index is 10.8. The van der Waals surface area contributed by atoms with Crippen molar-refractivity contribution in [2.24, 2.45) is 11.8 Å². The van der Waals surface area contributed by atoms with Crippen LogP contribution in [-0.2, 0) is 11.2 Å². The van der Waals surface area contributed by atoms with E-state index in [4.69, 9.17) is 5.11 Å². The summed E-state index contributed by atoms with van der Waals surface area (Å²) in [5, 5.41) is 13.2. The van der Waals surface area contributed by atoms with Crippen molar-refractivity contribution in [2.45, 2.75) is 32.6 Å². The Kier molecular flexibility index (Phi) is 5.40. The molecular formula is C15H23NO2S. The summed E-state index contributed by atoms with van der Waals surface area (Å²) in [6.45, 7) is 5.42. The van der Waals surface area contributed by atoms with Gasteiger partial charge in [0, 0.05) is 19.5 Å². The van der Waals surface area contributed by atoms with Crippen LogP contribution in [-0.4, -0.2) is 35.6 Å². The van der Waals surface area contributed by atoms with Gasteiger partial charge in [-0.25, -0.2) is 0 Å². The predicted octanol–water partition coefficient (Wildman–Crippen LogP) is 3.11. The van der Waals surface area contributed by atoms with E-state index in [0.717, 1.165) is 19.5 Å². The zero-order valence-electron chi connectivity index (χ0n) is 11.5. The van der Waals surface area contributed by atoms with Gasteiger partial charge in [0.1, 0.15) is 0 Å². The van der Waals surface area contributed by atoms with E-state index in [-0.39, 0.29) is 0 Å². The smallest absolute Gasteiger partial charge is 0.303 e. The van der Waals surface area contributed by atoms with Crippen LogP contribution in [0.25, 0.3) is 0 Å². The number of carboxylic acid groups (broad SMARTS) is 1. The number of piperidine rings is 1. The molecule has 0 aromatic carbocycles. The van der Waals surface area contributed by atoms with Gasteiger partial charge in [0.05, 0.1) is 0 Å². The first-order valence-electron chi connectivity index (χ1n) is 7.10. The number of thiophene rings is 1. The minimum atomic E-state index is -0.664. The maximum atomic E-state index is 10.8. The number of likely N-dealkylation sites (tertiary alicyclic amines) is 1. The Morgan fingerprint density at radius 2 is 2.47 bits per heavy atom. The molecule has 1 N–H and O–H groups in total. The quantitative estimate of drug-likeness (QED) is 0.871. The molecule has 1 fully saturated rings. The molecule has 1 aromatic rings. The molecule has 1 aliphatic heterocycles. The number of aliphatic carboxylic acids is 1. The van der Waals surface area contributed by atoms with E-state index in [2.05, 4.69) is 28.7 Å². The molecule has 106 valence electrons. The molecule has 0 bridgehead atoms. The third kappa shape index (κ3) is 4.62. The van der Waals surface area contributed by atoms with E-state index in [0.29, 0.717) is 18.3 Å². The summed E-state index contributed by atoms with van der Waals surface area (Å²) >= 11 is 1.75. The number of nitrogens with zero attached hydrogens (tertiary/aromatic N) is 1. The summed E-state index contributed by atoms with van der Waals surface area (Å²) in [4.78, 5) is 13.3. The van der Waals surface area contributed by atoms with Crippen molar-refractivity contribution in [1.29, 1.82) is 0 Å². The Bertz CT molecular complexity index is 391. The fourth-order valence-electron chi connectivity index (χ4n) is 2.92. The van der Waals surface area contributed by atoms with E-state index >= 15 is 0 Å². The van der Waals surface area contributed by atoms with Crippen molar-refractivity contribution in [3.63, 3.8) is 0 Å². The zero-order chi connectivity index (χ0) is 13.7. The molecule has 3 nitrogen and oxygen atoms in total. The van der Waals surface area contributed by atoms with Crippen molar-refractivity contribution < 1.29 is 9.90 Å². The highest BCUT2D eigenvalue weighted by Gasteiger charge is 2.25. The second-order valence-corrected chi connectivity index (χ2v) is 6.44. The van der Waals surface area contributed by atoms with Crippen molar-refractivity contribution in [3.8, 4) is 0 Å². The van der Waals surface area contributed by atoms with Gasteiger partial charge in [0.25, 0.3) is 0 Å². The molecule has 19 heavy (non-hydrogen) atoms. The topological polar surface area (TPSA) is 40.5 Å². The van der Waals surface area contributed by atoms with Gasteiger partial charge < -0.3 is 10.0 Å². The number of carboxylic acids is 1. The maximum Gasteiger partial charge on any atom is 0.303 e. The number of hydrogen-bond acceptors (Lipinski definition) is 3. The van der Waals surface area contributed by atoms with Crippen molar-refractivity contribution >= 4 is 17.3 Å². The lowest BCUT2D eigenvalue weighted by atomic mass is 9.84. The first kappa shape index (κ1) is 14.5. The predicted molar refractivity (Wildman–Crippen MR) is 78.6 cm³/mol. The minimum Gasteiger partial charge on any atom is -0.481 e. The molecule has 2 unspecified atom stereocenters. The van der Waals surface area contributed by atoms with Crippen LogP contribution in [0.5, 0.6) is 0 Å². The van der Waals surface area contributed by atoms with Crippen LogP contribution in [0.4, 0.5) is 0 Å². The van der Waals surface area contributed by atoms with Crippen LogP contribution in [0.3, 0.4) is 0 Å². The molecule has 4 heteroatoms. The standard InChI is InChI=1S/C15H23NO2S/c1-12(9-15(17)18)14-3-2-6-16(10-14)7-4-13-5-8-19-11-13/h5,8,11-12,14H,2-4,6-7,9-10H2,1H3,(H,17,18). The van der Waals surface area contributed by atoms with E-state index in [9.17, 15) is 4.79 Å². The van der Waals surface area contributed by atoms with Crippen molar-refractivity contribution in [3.05, 3.63) is 22.4 Å². The van der Waals surface area contributed by atoms with Crippen LogP contribution >= 0.6 is 11.3 Å². The second kappa shape index (κ2) is 7.06. The van der Waals surface area contributed by atoms with Crippen LogP contribution in [0.15, 0.2) is 16.8 Å². The minimum absolute atomic E-state index is 0.293. The van der Waals surface area contributed by atoms with Gasteiger partial charge in [0.15, 0.2) is 0 Å². The van der Waals surface area contributed by atoms with Gasteiger partial charge in [-0.3, -0.25) is 4.79 Å². The molecule has 1 saturated heterocycles. The zero-order valence-corrected chi connectivity index (χ0v) is 12.4. The van der Waals surface area contributed by atoms with Gasteiger partial charge in [-0.2, -0.15) is 11.3 Å². The van der Waals surface area contributed by atoms with E-state index in [1.807, 2.05) is 0 Å². The van der Waals surface area contributed by atoms with E-state index in [1.54, 1.807) is 11.3 Å². The Morgan fingerprint density at radius 3 is 3.16 bits per heavy atom. The average molecular weight is 281 g/mol. The SMILES string of the molecule is CC(CC(=O)O)C1CCCN(CCc2ccsc2)C1. The lowest BCUT2D eigenvalue weighted by Gasteiger charge is -2.35. The molecule has 2 heterocycles. The van der Waals surface area contributed by atoms with Gasteiger partial charge in [-0.05, 0) is 60.0 Å². The van der Waals surface area contributed by atoms with Crippen LogP contribution in [0.1, 0.15) is 31.7 Å². The highest BCUT2D eigenvalue weighted by atomic mass is 32.1. The second-order valence-electron chi connectivity index (χ2n) is 5.66. The molecule has 0 amide bonds. The van der Waals surface area contributed by atoms with Gasteiger partial charge in [0.2, 0.25) is 0 Å². The molecule has 2 rings (SSSR count). The molecule has 1 aliphatic rings. The lowest BCUT2D eigenvalue weighted by molar-refractivity contribution is -0.138. The number of hydrogen-bond donors (Lipinski definition) is 1. The molecule has 0 spiro atoms. The molecule has 2 atom stereocenters. The fraction of sp³-hybridized carbons (Fsp3) is 0.667. The summed E-state index contributed by atoms with van der Waals surface area (Å²) in [6, 6.07) is 2.19. The van der Waals surface area contributed by atoms with Gasteiger partial charge in [-0.15, -0.1) is 0 Å². The number of rotatable bonds is 6. The monoisotopic (exact) mass is 281 g/mol. The Balaban J connectivity index is 1.78. The summed E-state index contributed by atoms with van der Waals surface area (Å²) in [7, 11) is 0. The summed E-state index contributed by atoms with van der Waals surface area (Å²) in [5.74, 6) is 0.177. The highest BCUT2D eigenvalue weighted by Crippen LogP contribution is 2.26. The van der Waals surface area contributed by atoms with E-state index < -0.39 is 5.97 Å². The highest BCUT2D eigenvalue weighted by molar-refractivity contribution is 7.07. The lowest BCUT2D eigenvalue weighted by Crippen LogP contribution is -2.39.